The Morgan fingerprint density at radius 1 is 1.00 bits per heavy atom. The zero-order valence-corrected chi connectivity index (χ0v) is 42.7. The molecule has 14 atom stereocenters. The van der Waals surface area contributed by atoms with Gasteiger partial charge in [0.1, 0.15) is 42.8 Å². The van der Waals surface area contributed by atoms with Crippen molar-refractivity contribution in [2.24, 2.45) is 11.8 Å². The molecule has 73 heavy (non-hydrogen) atoms. The molecule has 390 valence electrons. The van der Waals surface area contributed by atoms with Crippen LogP contribution in [-0.2, 0) is 39.6 Å². The van der Waals surface area contributed by atoms with Crippen molar-refractivity contribution in [1.82, 2.24) is 10.3 Å². The predicted molar refractivity (Wildman–Crippen MR) is 262 cm³/mol. The van der Waals surface area contributed by atoms with Crippen LogP contribution >= 0.6 is 11.6 Å². The molecule has 10 rings (SSSR count). The van der Waals surface area contributed by atoms with Gasteiger partial charge in [0.2, 0.25) is 5.75 Å². The largest absolute Gasteiger partial charge is 0.507 e. The van der Waals surface area contributed by atoms with Gasteiger partial charge < -0.3 is 73.1 Å². The number of rotatable bonds is 11. The van der Waals surface area contributed by atoms with E-state index in [2.05, 4.69) is 34.0 Å². The summed E-state index contributed by atoms with van der Waals surface area (Å²) in [5, 5.41) is 48.1. The van der Waals surface area contributed by atoms with E-state index in [4.69, 9.17) is 59.0 Å². The lowest BCUT2D eigenvalue weighted by molar-refractivity contribution is -0.290. The number of esters is 1. The first-order chi connectivity index (χ1) is 34.7. The number of allylic oxidation sites excluding steroid dienone is 1. The van der Waals surface area contributed by atoms with Crippen molar-refractivity contribution in [3.05, 3.63) is 70.0 Å². The molecule has 3 saturated heterocycles. The Kier molecular flexibility index (Phi) is 14.7. The second-order valence-corrected chi connectivity index (χ2v) is 20.5. The molecule has 5 aliphatic heterocycles. The molecule has 7 aliphatic rings. The number of nitrogens with zero attached hydrogens (tertiary/aromatic N) is 1. The average molecular weight is 1030 g/mol. The Morgan fingerprint density at radius 2 is 1.75 bits per heavy atom. The lowest BCUT2D eigenvalue weighted by atomic mass is 9.82. The molecule has 1 spiro atoms. The average Bonchev–Trinajstić information content (AvgIpc) is 3.95. The summed E-state index contributed by atoms with van der Waals surface area (Å²) >= 11 is 6.86. The first-order valence-electron chi connectivity index (χ1n) is 24.4. The summed E-state index contributed by atoms with van der Waals surface area (Å²) in [6.07, 6.45) is -6.07. The summed E-state index contributed by atoms with van der Waals surface area (Å²) in [4.78, 5) is 33.5. The van der Waals surface area contributed by atoms with Crippen LogP contribution in [0.5, 0.6) is 28.7 Å². The van der Waals surface area contributed by atoms with Gasteiger partial charge in [-0.25, -0.2) is 9.78 Å². The number of ether oxygens (including phenoxy) is 10. The fourth-order valence-corrected chi connectivity index (χ4v) is 10.7. The van der Waals surface area contributed by atoms with Crippen molar-refractivity contribution >= 4 is 34.2 Å². The summed E-state index contributed by atoms with van der Waals surface area (Å²) < 4.78 is 62.0. The van der Waals surface area contributed by atoms with E-state index in [0.717, 1.165) is 0 Å². The van der Waals surface area contributed by atoms with Crippen molar-refractivity contribution in [3.8, 4) is 52.4 Å². The van der Waals surface area contributed by atoms with E-state index in [9.17, 15) is 30.0 Å². The third kappa shape index (κ3) is 10.3. The Balaban J connectivity index is 1.09. The van der Waals surface area contributed by atoms with E-state index in [1.165, 1.54) is 39.4 Å². The number of nitrogens with one attached hydrogen (secondary N) is 1. The number of amides is 1. The quantitative estimate of drug-likeness (QED) is 0.0747. The number of phenols is 1. The minimum Gasteiger partial charge on any atom is -0.507 e. The first kappa shape index (κ1) is 52.2. The smallest absolute Gasteiger partial charge is 0.329 e. The molecule has 1 amide bonds. The number of aliphatic hydroxyl groups is 3. The lowest BCUT2D eigenvalue weighted by Gasteiger charge is -2.43. The number of halogens is 1. The van der Waals surface area contributed by atoms with Gasteiger partial charge in [-0.15, -0.1) is 0 Å². The van der Waals surface area contributed by atoms with Gasteiger partial charge in [-0.1, -0.05) is 49.1 Å². The Morgan fingerprint density at radius 3 is 2.44 bits per heavy atom. The molecular formula is C54H61ClN2O16. The van der Waals surface area contributed by atoms with Crippen LogP contribution in [0.1, 0.15) is 77.4 Å². The number of epoxide rings is 1. The Hall–Kier alpha value is -5.64. The molecule has 2 unspecified atom stereocenters. The van der Waals surface area contributed by atoms with Crippen molar-refractivity contribution in [2.45, 2.75) is 152 Å². The summed E-state index contributed by atoms with van der Waals surface area (Å²) in [6.45, 7) is 12.3. The van der Waals surface area contributed by atoms with Crippen molar-refractivity contribution < 1.29 is 77.4 Å². The molecule has 0 radical (unpaired) electrons. The van der Waals surface area contributed by atoms with E-state index in [1.807, 2.05) is 34.6 Å². The third-order valence-electron chi connectivity index (χ3n) is 14.1. The number of pyridine rings is 1. The molecule has 5 bridgehead atoms. The first-order valence-corrected chi connectivity index (χ1v) is 24.8. The maximum absolute atomic E-state index is 14.5. The number of hydrogen-bond acceptors (Lipinski definition) is 17. The zero-order valence-electron chi connectivity index (χ0n) is 42.0. The van der Waals surface area contributed by atoms with Gasteiger partial charge in [-0.3, -0.25) is 4.79 Å². The molecule has 2 aromatic carbocycles. The summed E-state index contributed by atoms with van der Waals surface area (Å²) in [7, 11) is 2.90. The minimum absolute atomic E-state index is 0.0834. The molecule has 1 aromatic heterocycles. The van der Waals surface area contributed by atoms with Gasteiger partial charge in [0.05, 0.1) is 49.8 Å². The molecule has 0 saturated carbocycles. The number of aromatic nitrogens is 1. The van der Waals surface area contributed by atoms with E-state index in [-0.39, 0.29) is 70.9 Å². The summed E-state index contributed by atoms with van der Waals surface area (Å²) in [5.74, 6) is 11.4. The highest BCUT2D eigenvalue weighted by Gasteiger charge is 2.70. The van der Waals surface area contributed by atoms with Crippen LogP contribution in [0.2, 0.25) is 5.15 Å². The highest BCUT2D eigenvalue weighted by Crippen LogP contribution is 2.54. The van der Waals surface area contributed by atoms with Crippen molar-refractivity contribution in [1.29, 1.82) is 0 Å². The molecule has 2 aliphatic carbocycles. The molecule has 6 heterocycles. The summed E-state index contributed by atoms with van der Waals surface area (Å²) in [6, 6.07) is 6.16. The third-order valence-corrected chi connectivity index (χ3v) is 14.4. The standard InChI is InChI=1S/C54H61ClN2O16/c1-25(2)45-27(5)68-43(22-37(45)59)71-41-24-66-52(62)35(57-51(61)34-21-33-30(17-36(34)58)18-39(67-26(3)4)47(65-9)46(33)64-8)20-32-15-16-38(50(55)56-32)70-40-19-31-14-13-29(41)11-10-12-42-54(31,73-42)49(40)72-44-23-53(7,63)48(60)28(6)69-44/h11,15-19,21,25-28,35,37,40-45,48-49,58-60,63H,20,22-24H2,1-9H3,(H,57,61)/t27-,28-,35?,37-,40-,41?,42-,43-,44-,45+,48-,49+,53+,54+/m0/s1. The number of aliphatic hydroxyl groups excluding tert-OH is 2. The monoisotopic (exact) mass is 1030 g/mol. The van der Waals surface area contributed by atoms with Crippen LogP contribution in [0.4, 0.5) is 0 Å². The van der Waals surface area contributed by atoms with E-state index in [0.29, 0.717) is 27.7 Å². The zero-order chi connectivity index (χ0) is 52.3. The van der Waals surface area contributed by atoms with E-state index < -0.39 is 103 Å². The second kappa shape index (κ2) is 20.6. The maximum Gasteiger partial charge on any atom is 0.329 e. The predicted octanol–water partition coefficient (Wildman–Crippen LogP) is 4.85. The highest BCUT2D eigenvalue weighted by atomic mass is 35.5. The Labute approximate surface area is 428 Å². The van der Waals surface area contributed by atoms with Crippen LogP contribution in [0.15, 0.2) is 53.6 Å². The normalized spacial score (nSPS) is 33.6. The van der Waals surface area contributed by atoms with Crippen molar-refractivity contribution in [3.63, 3.8) is 0 Å². The number of benzene rings is 2. The highest BCUT2D eigenvalue weighted by molar-refractivity contribution is 6.30. The lowest BCUT2D eigenvalue weighted by Crippen LogP contribution is -2.57. The van der Waals surface area contributed by atoms with E-state index in [1.54, 1.807) is 31.2 Å². The number of hydrogen-bond donors (Lipinski definition) is 5. The van der Waals surface area contributed by atoms with Crippen LogP contribution in [-0.4, -0.2) is 143 Å². The van der Waals surface area contributed by atoms with Crippen LogP contribution in [0.25, 0.3) is 10.8 Å². The second-order valence-electron chi connectivity index (χ2n) is 20.1. The van der Waals surface area contributed by atoms with Gasteiger partial charge in [0.15, 0.2) is 46.7 Å². The number of fused-ring (bicyclic) bond motifs is 8. The number of aromatic hydroxyl groups is 1. The minimum atomic E-state index is -1.55. The fraction of sp³-hybridized carbons (Fsp3) is 0.537. The molecule has 5 N–H and O–H groups in total. The van der Waals surface area contributed by atoms with Crippen molar-refractivity contribution in [2.75, 3.05) is 20.8 Å². The number of methoxy groups -OCH3 is 2. The number of carbonyl (C=O) groups excluding carboxylic acids is 2. The van der Waals surface area contributed by atoms with Crippen LogP contribution in [0, 0.1) is 35.5 Å². The topological polar surface area (TPSA) is 236 Å². The van der Waals surface area contributed by atoms with Gasteiger partial charge in [-0.2, -0.15) is 0 Å². The molecule has 19 heteroatoms. The van der Waals surface area contributed by atoms with E-state index >= 15 is 0 Å². The van der Waals surface area contributed by atoms with Gasteiger partial charge in [0.25, 0.3) is 5.91 Å². The Bertz CT molecular complexity index is 2830. The molecular weight excluding hydrogens is 968 g/mol. The molecule has 3 fully saturated rings. The van der Waals surface area contributed by atoms with Gasteiger partial charge in [0, 0.05) is 53.5 Å². The number of carbonyl (C=O) groups is 2. The van der Waals surface area contributed by atoms with Crippen LogP contribution in [0.3, 0.4) is 0 Å². The maximum atomic E-state index is 14.5. The fourth-order valence-electron chi connectivity index (χ4n) is 10.5. The van der Waals surface area contributed by atoms with Crippen LogP contribution < -0.4 is 24.3 Å². The molecule has 3 aromatic rings. The SMILES string of the molecule is COc1c(OC(C)C)cc2cc(O)c(C(=O)NC3Cc4ccc(c(Cl)n4)O[C@H]4C=C5C#CC(=CC#C[C@@H]6O[C@]56[C@@H]4O[C@H]4C[C@@](C)(O)[C@@H](O)[C@H](C)O4)C(O[C@H]4C[C@H](O)[C@H](C(C)C)[C@H](C)O4)COC3=O)cc2c1OC. The number of phenolic OH excluding ortho intramolecular Hbond substituents is 1. The molecule has 18 nitrogen and oxygen atoms in total. The summed E-state index contributed by atoms with van der Waals surface area (Å²) in [5.41, 5.74) is -2.02. The van der Waals surface area contributed by atoms with Gasteiger partial charge >= 0.3 is 5.97 Å². The van der Waals surface area contributed by atoms with Gasteiger partial charge in [-0.05, 0) is 82.3 Å².